The lowest BCUT2D eigenvalue weighted by molar-refractivity contribution is 0.225. The minimum atomic E-state index is 0. The number of piperidine rings is 1. The molecule has 1 aliphatic rings. The van der Waals surface area contributed by atoms with Crippen LogP contribution < -0.4 is 10.6 Å². The summed E-state index contributed by atoms with van der Waals surface area (Å²) < 4.78 is 0. The molecule has 0 amide bonds. The first-order valence-corrected chi connectivity index (χ1v) is 8.62. The molecule has 0 radical (unpaired) electrons. The summed E-state index contributed by atoms with van der Waals surface area (Å²) in [5.74, 6) is 0.865. The minimum absolute atomic E-state index is 0. The molecule has 1 aromatic carbocycles. The van der Waals surface area contributed by atoms with Crippen molar-refractivity contribution in [3.05, 3.63) is 48.0 Å². The Balaban J connectivity index is 0.00000312. The minimum Gasteiger partial charge on any atom is -0.357 e. The van der Waals surface area contributed by atoms with E-state index >= 15 is 0 Å². The highest BCUT2D eigenvalue weighted by molar-refractivity contribution is 14.0. The standard InChI is InChI=1S/C19H27N5.HI/c1-3-11-24-12-9-18(10-13-24)23-19(21-4-2)22-15-17-7-5-16(14-20)6-8-17;/h3,5-8,18H,1,4,9-13,15H2,2H3,(H2,21,22,23);1H. The summed E-state index contributed by atoms with van der Waals surface area (Å²) in [6.07, 6.45) is 4.21. The Bertz CT molecular complexity index is 583. The van der Waals surface area contributed by atoms with Crippen molar-refractivity contribution < 1.29 is 0 Å². The molecular formula is C19H28IN5. The predicted octanol–water partition coefficient (Wildman–Crippen LogP) is 2.88. The van der Waals surface area contributed by atoms with Gasteiger partial charge in [0.1, 0.15) is 0 Å². The van der Waals surface area contributed by atoms with Gasteiger partial charge in [0.25, 0.3) is 0 Å². The zero-order valence-electron chi connectivity index (χ0n) is 14.9. The lowest BCUT2D eigenvalue weighted by Crippen LogP contribution is -2.48. The van der Waals surface area contributed by atoms with Crippen molar-refractivity contribution in [2.75, 3.05) is 26.2 Å². The summed E-state index contributed by atoms with van der Waals surface area (Å²) >= 11 is 0. The summed E-state index contributed by atoms with van der Waals surface area (Å²) in [5.41, 5.74) is 1.78. The van der Waals surface area contributed by atoms with Gasteiger partial charge in [-0.05, 0) is 37.5 Å². The fourth-order valence-electron chi connectivity index (χ4n) is 2.81. The smallest absolute Gasteiger partial charge is 0.191 e. The van der Waals surface area contributed by atoms with E-state index in [1.807, 2.05) is 30.3 Å². The van der Waals surface area contributed by atoms with Crippen LogP contribution in [0.15, 0.2) is 41.9 Å². The topological polar surface area (TPSA) is 63.5 Å². The largest absolute Gasteiger partial charge is 0.357 e. The zero-order chi connectivity index (χ0) is 17.2. The average Bonchev–Trinajstić information content (AvgIpc) is 2.62. The van der Waals surface area contributed by atoms with Crippen molar-refractivity contribution in [1.29, 1.82) is 5.26 Å². The molecule has 0 bridgehead atoms. The highest BCUT2D eigenvalue weighted by Gasteiger charge is 2.18. The maximum atomic E-state index is 8.84. The van der Waals surface area contributed by atoms with Crippen molar-refractivity contribution >= 4 is 29.9 Å². The molecule has 136 valence electrons. The summed E-state index contributed by atoms with van der Waals surface area (Å²) in [4.78, 5) is 7.09. The monoisotopic (exact) mass is 453 g/mol. The number of nitriles is 1. The second-order valence-electron chi connectivity index (χ2n) is 6.01. The van der Waals surface area contributed by atoms with E-state index < -0.39 is 0 Å². The number of rotatable bonds is 6. The molecular weight excluding hydrogens is 425 g/mol. The number of aliphatic imine (C=N–C) groups is 1. The predicted molar refractivity (Wildman–Crippen MR) is 114 cm³/mol. The first kappa shape index (κ1) is 21.5. The molecule has 5 nitrogen and oxygen atoms in total. The molecule has 0 aromatic heterocycles. The Morgan fingerprint density at radius 3 is 2.60 bits per heavy atom. The van der Waals surface area contributed by atoms with Crippen LogP contribution in [-0.4, -0.2) is 43.1 Å². The van der Waals surface area contributed by atoms with Crippen LogP contribution in [0.5, 0.6) is 0 Å². The molecule has 0 saturated carbocycles. The number of hydrogen-bond acceptors (Lipinski definition) is 3. The van der Waals surface area contributed by atoms with Gasteiger partial charge < -0.3 is 10.6 Å². The van der Waals surface area contributed by atoms with Gasteiger partial charge in [0, 0.05) is 32.2 Å². The van der Waals surface area contributed by atoms with Gasteiger partial charge in [0.2, 0.25) is 0 Å². The van der Waals surface area contributed by atoms with E-state index in [0.717, 1.165) is 50.5 Å². The first-order chi connectivity index (χ1) is 11.7. The van der Waals surface area contributed by atoms with E-state index in [-0.39, 0.29) is 24.0 Å². The van der Waals surface area contributed by atoms with Crippen molar-refractivity contribution in [2.45, 2.75) is 32.4 Å². The van der Waals surface area contributed by atoms with Crippen molar-refractivity contribution in [1.82, 2.24) is 15.5 Å². The van der Waals surface area contributed by atoms with Gasteiger partial charge in [-0.15, -0.1) is 30.6 Å². The van der Waals surface area contributed by atoms with E-state index in [1.165, 1.54) is 0 Å². The zero-order valence-corrected chi connectivity index (χ0v) is 17.2. The number of benzene rings is 1. The second-order valence-corrected chi connectivity index (χ2v) is 6.01. The molecule has 25 heavy (non-hydrogen) atoms. The number of halogens is 1. The van der Waals surface area contributed by atoms with E-state index in [4.69, 9.17) is 5.26 Å². The molecule has 0 atom stereocenters. The van der Waals surface area contributed by atoms with Gasteiger partial charge in [0.05, 0.1) is 18.2 Å². The quantitative estimate of drug-likeness (QED) is 0.301. The summed E-state index contributed by atoms with van der Waals surface area (Å²) in [6, 6.07) is 10.2. The summed E-state index contributed by atoms with van der Waals surface area (Å²) in [7, 11) is 0. The van der Waals surface area contributed by atoms with Gasteiger partial charge in [-0.2, -0.15) is 5.26 Å². The number of nitrogens with one attached hydrogen (secondary N) is 2. The van der Waals surface area contributed by atoms with Gasteiger partial charge in [0.15, 0.2) is 5.96 Å². The molecule has 1 aliphatic heterocycles. The van der Waals surface area contributed by atoms with Crippen molar-refractivity contribution in [2.24, 2.45) is 4.99 Å². The molecule has 0 spiro atoms. The average molecular weight is 453 g/mol. The Hall–Kier alpha value is -1.59. The fraction of sp³-hybridized carbons (Fsp3) is 0.474. The van der Waals surface area contributed by atoms with E-state index in [2.05, 4.69) is 40.1 Å². The number of guanidine groups is 1. The SMILES string of the molecule is C=CCN1CCC(NC(=NCc2ccc(C#N)cc2)NCC)CC1.I. The van der Waals surface area contributed by atoms with E-state index in [9.17, 15) is 0 Å². The van der Waals surface area contributed by atoms with Crippen LogP contribution in [0, 0.1) is 11.3 Å². The molecule has 6 heteroatoms. The van der Waals surface area contributed by atoms with Crippen LogP contribution in [0.1, 0.15) is 30.9 Å². The molecule has 1 aromatic rings. The molecule has 2 rings (SSSR count). The van der Waals surface area contributed by atoms with Gasteiger partial charge >= 0.3 is 0 Å². The van der Waals surface area contributed by atoms with Gasteiger partial charge in [-0.1, -0.05) is 18.2 Å². The van der Waals surface area contributed by atoms with E-state index in [0.29, 0.717) is 18.2 Å². The van der Waals surface area contributed by atoms with Crippen LogP contribution in [0.4, 0.5) is 0 Å². The van der Waals surface area contributed by atoms with Crippen LogP contribution >= 0.6 is 24.0 Å². The third kappa shape index (κ3) is 7.45. The first-order valence-electron chi connectivity index (χ1n) is 8.62. The summed E-state index contributed by atoms with van der Waals surface area (Å²) in [6.45, 7) is 10.5. The highest BCUT2D eigenvalue weighted by Crippen LogP contribution is 2.10. The van der Waals surface area contributed by atoms with Gasteiger partial charge in [-0.25, -0.2) is 4.99 Å². The third-order valence-electron chi connectivity index (χ3n) is 4.16. The lowest BCUT2D eigenvalue weighted by atomic mass is 10.1. The van der Waals surface area contributed by atoms with Crippen molar-refractivity contribution in [3.63, 3.8) is 0 Å². The summed E-state index contributed by atoms with van der Waals surface area (Å²) in [5, 5.41) is 15.7. The fourth-order valence-corrected chi connectivity index (χ4v) is 2.81. The number of nitrogens with zero attached hydrogens (tertiary/aromatic N) is 3. The van der Waals surface area contributed by atoms with Crippen LogP contribution in [-0.2, 0) is 6.54 Å². The number of likely N-dealkylation sites (tertiary alicyclic amines) is 1. The normalized spacial score (nSPS) is 15.8. The van der Waals surface area contributed by atoms with Crippen molar-refractivity contribution in [3.8, 4) is 6.07 Å². The molecule has 2 N–H and O–H groups in total. The molecule has 1 heterocycles. The second kappa shape index (κ2) is 11.9. The third-order valence-corrected chi connectivity index (χ3v) is 4.16. The number of hydrogen-bond donors (Lipinski definition) is 2. The Morgan fingerprint density at radius 2 is 2.04 bits per heavy atom. The molecule has 0 aliphatic carbocycles. The Labute approximate surface area is 168 Å². The maximum Gasteiger partial charge on any atom is 0.191 e. The Kier molecular flexibility index (Phi) is 10.2. The van der Waals surface area contributed by atoms with E-state index in [1.54, 1.807) is 0 Å². The molecule has 0 unspecified atom stereocenters. The maximum absolute atomic E-state index is 8.84. The molecule has 1 saturated heterocycles. The van der Waals surface area contributed by atoms with Gasteiger partial charge in [-0.3, -0.25) is 4.90 Å². The van der Waals surface area contributed by atoms with Crippen LogP contribution in [0.2, 0.25) is 0 Å². The van der Waals surface area contributed by atoms with Crippen LogP contribution in [0.3, 0.4) is 0 Å². The Morgan fingerprint density at radius 1 is 1.36 bits per heavy atom. The van der Waals surface area contributed by atoms with Crippen LogP contribution in [0.25, 0.3) is 0 Å². The lowest BCUT2D eigenvalue weighted by Gasteiger charge is -2.32. The highest BCUT2D eigenvalue weighted by atomic mass is 127. The molecule has 1 fully saturated rings.